The Bertz CT molecular complexity index is 3180. The summed E-state index contributed by atoms with van der Waals surface area (Å²) in [5, 5.41) is 7.74. The molecule has 0 radical (unpaired) electrons. The van der Waals surface area contributed by atoms with Gasteiger partial charge in [0.1, 0.15) is 0 Å². The third kappa shape index (κ3) is 6.87. The second kappa shape index (κ2) is 15.8. The average molecular weight is 782 g/mol. The molecule has 11 rings (SSSR count). The van der Waals surface area contributed by atoms with E-state index in [0.717, 1.165) is 37.8 Å². The predicted molar refractivity (Wildman–Crippen MR) is 261 cm³/mol. The van der Waals surface area contributed by atoms with Crippen molar-refractivity contribution in [2.75, 3.05) is 4.90 Å². The number of benzene rings is 9. The average Bonchev–Trinajstić information content (AvgIpc) is 3.33. The molecule has 0 aliphatic heterocycles. The van der Waals surface area contributed by atoms with Crippen LogP contribution in [-0.4, -0.2) is 0 Å². The first-order valence-electron chi connectivity index (χ1n) is 21.8. The summed E-state index contributed by atoms with van der Waals surface area (Å²) in [5.74, 6) is 0. The zero-order valence-corrected chi connectivity index (χ0v) is 34.6. The van der Waals surface area contributed by atoms with E-state index in [1.165, 1.54) is 105 Å². The van der Waals surface area contributed by atoms with Crippen molar-refractivity contribution >= 4 is 55.3 Å². The minimum absolute atomic E-state index is 0.927. The van der Waals surface area contributed by atoms with Gasteiger partial charge in [0.2, 0.25) is 0 Å². The van der Waals surface area contributed by atoms with Gasteiger partial charge in [-0.2, -0.15) is 0 Å². The Balaban J connectivity index is 0.983. The van der Waals surface area contributed by atoms with E-state index in [2.05, 4.69) is 218 Å². The summed E-state index contributed by atoms with van der Waals surface area (Å²) in [7, 11) is 0. The lowest BCUT2D eigenvalue weighted by molar-refractivity contribution is 0.930. The smallest absolute Gasteiger partial charge is 0.0465 e. The topological polar surface area (TPSA) is 3.24 Å². The molecular weight excluding hydrogens is 735 g/mol. The quantitative estimate of drug-likeness (QED) is 0.139. The van der Waals surface area contributed by atoms with Gasteiger partial charge in [0.05, 0.1) is 0 Å². The van der Waals surface area contributed by atoms with Crippen molar-refractivity contribution in [2.45, 2.75) is 39.0 Å². The van der Waals surface area contributed by atoms with E-state index in [1.807, 2.05) is 0 Å². The fourth-order valence-corrected chi connectivity index (χ4v) is 9.98. The minimum atomic E-state index is 0.927. The van der Waals surface area contributed by atoms with Crippen LogP contribution in [0.3, 0.4) is 0 Å². The number of hydrogen-bond donors (Lipinski definition) is 0. The van der Waals surface area contributed by atoms with Crippen LogP contribution in [0.2, 0.25) is 0 Å². The van der Waals surface area contributed by atoms with Gasteiger partial charge in [-0.05, 0) is 169 Å². The normalized spacial score (nSPS) is 13.6. The number of allylic oxidation sites excluding steroid dienone is 5. The standard InChI is InChI=1S/C60H47N/c1-41-26-27-46(39-59(41)53-21-8-6-17-48(53)38-47-19-13-18-45-16-5-7-20-52(45)47)44-30-34-50(35-31-44)61(49-32-28-43(29-33-49)42-14-3-2-4-15-42)51-36-37-58-56-24-10-9-22-54(56)55-23-11-12-25-57(55)60(58)40-51/h2-6,8-19,21-30,32-34,36-37,39-40H,7,20,31,35,38H2,1H3. The summed E-state index contributed by atoms with van der Waals surface area (Å²) >= 11 is 0. The van der Waals surface area contributed by atoms with Gasteiger partial charge >= 0.3 is 0 Å². The first-order chi connectivity index (χ1) is 30.2. The fraction of sp³-hybridized carbons (Fsp3) is 0.100. The molecule has 0 saturated carbocycles. The molecular formula is C60H47N. The maximum atomic E-state index is 2.49. The first kappa shape index (κ1) is 36.8. The van der Waals surface area contributed by atoms with Crippen LogP contribution in [0.4, 0.5) is 11.4 Å². The number of hydrogen-bond acceptors (Lipinski definition) is 1. The van der Waals surface area contributed by atoms with Crippen molar-refractivity contribution in [1.29, 1.82) is 0 Å². The lowest BCUT2D eigenvalue weighted by Crippen LogP contribution is -2.18. The Morgan fingerprint density at radius 2 is 1.08 bits per heavy atom. The zero-order valence-electron chi connectivity index (χ0n) is 34.6. The van der Waals surface area contributed by atoms with E-state index in [1.54, 1.807) is 0 Å². The molecule has 0 spiro atoms. The molecule has 0 atom stereocenters. The molecule has 61 heavy (non-hydrogen) atoms. The van der Waals surface area contributed by atoms with E-state index in [0.29, 0.717) is 0 Å². The van der Waals surface area contributed by atoms with Gasteiger partial charge in [-0.3, -0.25) is 0 Å². The molecule has 2 aliphatic carbocycles. The summed E-state index contributed by atoms with van der Waals surface area (Å²) in [4.78, 5) is 2.49. The second-order valence-corrected chi connectivity index (χ2v) is 16.7. The minimum Gasteiger partial charge on any atom is -0.314 e. The highest BCUT2D eigenvalue weighted by atomic mass is 15.1. The molecule has 0 unspecified atom stereocenters. The molecule has 9 aromatic carbocycles. The van der Waals surface area contributed by atoms with Crippen LogP contribution >= 0.6 is 0 Å². The van der Waals surface area contributed by atoms with Gasteiger partial charge in [-0.25, -0.2) is 0 Å². The summed E-state index contributed by atoms with van der Waals surface area (Å²) in [6.07, 6.45) is 14.4. The monoisotopic (exact) mass is 781 g/mol. The molecule has 0 fully saturated rings. The molecule has 0 heterocycles. The van der Waals surface area contributed by atoms with Crippen LogP contribution in [0, 0.1) is 6.92 Å². The van der Waals surface area contributed by atoms with Gasteiger partial charge in [-0.1, -0.05) is 170 Å². The van der Waals surface area contributed by atoms with Crippen LogP contribution in [0.1, 0.15) is 52.6 Å². The molecule has 292 valence electrons. The summed E-state index contributed by atoms with van der Waals surface area (Å²) < 4.78 is 0. The summed E-state index contributed by atoms with van der Waals surface area (Å²) in [6.45, 7) is 2.26. The zero-order chi connectivity index (χ0) is 40.7. The molecule has 0 bridgehead atoms. The van der Waals surface area contributed by atoms with E-state index in [9.17, 15) is 0 Å². The van der Waals surface area contributed by atoms with Crippen LogP contribution in [0.5, 0.6) is 0 Å². The maximum absolute atomic E-state index is 2.49. The van der Waals surface area contributed by atoms with Crippen molar-refractivity contribution in [3.8, 4) is 22.3 Å². The third-order valence-electron chi connectivity index (χ3n) is 13.1. The Kier molecular flexibility index (Phi) is 9.51. The molecule has 2 aliphatic rings. The lowest BCUT2D eigenvalue weighted by Gasteiger charge is -2.30. The second-order valence-electron chi connectivity index (χ2n) is 16.7. The van der Waals surface area contributed by atoms with E-state index in [4.69, 9.17) is 0 Å². The SMILES string of the molecule is Cc1ccc(C2=CC=C(N(c3ccc(-c4ccccc4)cc3)c3ccc4c5ccccc5c5ccccc5c4c3)CC2)cc1-c1ccccc1Cc1cccc2c1CCC=C2. The summed E-state index contributed by atoms with van der Waals surface area (Å²) in [5.41, 5.74) is 18.4. The number of fused-ring (bicyclic) bond motifs is 7. The molecule has 1 nitrogen and oxygen atoms in total. The Hall–Kier alpha value is -7.22. The van der Waals surface area contributed by atoms with Crippen molar-refractivity contribution in [1.82, 2.24) is 0 Å². The molecule has 0 saturated heterocycles. The van der Waals surface area contributed by atoms with Gasteiger partial charge in [0, 0.05) is 17.1 Å². The van der Waals surface area contributed by atoms with E-state index in [-0.39, 0.29) is 0 Å². The number of nitrogens with zero attached hydrogens (tertiary/aromatic N) is 1. The molecule has 0 N–H and O–H groups in total. The van der Waals surface area contributed by atoms with E-state index < -0.39 is 0 Å². The highest BCUT2D eigenvalue weighted by Crippen LogP contribution is 2.42. The third-order valence-corrected chi connectivity index (χ3v) is 13.1. The predicted octanol–water partition coefficient (Wildman–Crippen LogP) is 16.2. The van der Waals surface area contributed by atoms with Crippen molar-refractivity contribution in [2.24, 2.45) is 0 Å². The van der Waals surface area contributed by atoms with Crippen molar-refractivity contribution in [3.63, 3.8) is 0 Å². The van der Waals surface area contributed by atoms with Gasteiger partial charge in [0.15, 0.2) is 0 Å². The Labute approximate surface area is 359 Å². The molecule has 0 aromatic heterocycles. The van der Waals surface area contributed by atoms with Gasteiger partial charge in [-0.15, -0.1) is 0 Å². The number of aryl methyl sites for hydroxylation is 1. The Morgan fingerprint density at radius 1 is 0.443 bits per heavy atom. The number of rotatable bonds is 8. The molecule has 0 amide bonds. The van der Waals surface area contributed by atoms with Crippen LogP contribution in [0.15, 0.2) is 206 Å². The van der Waals surface area contributed by atoms with Gasteiger partial charge in [0.25, 0.3) is 0 Å². The van der Waals surface area contributed by atoms with Crippen molar-refractivity contribution in [3.05, 3.63) is 239 Å². The first-order valence-corrected chi connectivity index (χ1v) is 21.8. The highest BCUT2D eigenvalue weighted by molar-refractivity contribution is 6.25. The number of anilines is 2. The maximum Gasteiger partial charge on any atom is 0.0465 e. The molecule has 1 heteroatoms. The molecule has 9 aromatic rings. The Morgan fingerprint density at radius 3 is 1.84 bits per heavy atom. The van der Waals surface area contributed by atoms with Crippen molar-refractivity contribution < 1.29 is 0 Å². The van der Waals surface area contributed by atoms with E-state index >= 15 is 0 Å². The largest absolute Gasteiger partial charge is 0.314 e. The highest BCUT2D eigenvalue weighted by Gasteiger charge is 2.21. The van der Waals surface area contributed by atoms with Crippen LogP contribution in [0.25, 0.3) is 66.2 Å². The summed E-state index contributed by atoms with van der Waals surface area (Å²) in [6, 6.07) is 67.5. The lowest BCUT2D eigenvalue weighted by atomic mass is 9.86. The van der Waals surface area contributed by atoms with Crippen LogP contribution in [-0.2, 0) is 12.8 Å². The van der Waals surface area contributed by atoms with Crippen LogP contribution < -0.4 is 4.90 Å². The fourth-order valence-electron chi connectivity index (χ4n) is 9.98. The van der Waals surface area contributed by atoms with Gasteiger partial charge < -0.3 is 4.90 Å².